The van der Waals surface area contributed by atoms with E-state index >= 15 is 0 Å². The van der Waals surface area contributed by atoms with Crippen molar-refractivity contribution in [3.05, 3.63) is 64.8 Å². The van der Waals surface area contributed by atoms with Crippen LogP contribution in [0.25, 0.3) is 10.9 Å². The van der Waals surface area contributed by atoms with Gasteiger partial charge in [0, 0.05) is 53.6 Å². The van der Waals surface area contributed by atoms with Crippen LogP contribution in [0.15, 0.2) is 42.6 Å². The molecule has 2 aromatic carbocycles. The maximum absolute atomic E-state index is 13.3. The van der Waals surface area contributed by atoms with Crippen molar-refractivity contribution < 1.29 is 28.6 Å². The first-order valence-electron chi connectivity index (χ1n) is 12.9. The molecule has 9 nitrogen and oxygen atoms in total. The van der Waals surface area contributed by atoms with E-state index < -0.39 is 11.7 Å². The Balaban J connectivity index is 1.40. The highest BCUT2D eigenvalue weighted by atomic mass is 16.6. The van der Waals surface area contributed by atoms with Gasteiger partial charge in [0.25, 0.3) is 11.8 Å². The van der Waals surface area contributed by atoms with Crippen LogP contribution in [-0.2, 0) is 9.47 Å². The SMILES string of the molecule is CNC(=O)c1cc(C(=O)NC2C3COC[C@H]32)cc2c1OCC2c1cn(C(=O)OC(C)(C)C)c2ccccc12. The average molecular weight is 518 g/mol. The number of nitrogens with one attached hydrogen (secondary N) is 2. The molecule has 0 radical (unpaired) electrons. The monoisotopic (exact) mass is 517 g/mol. The van der Waals surface area contributed by atoms with E-state index in [4.69, 9.17) is 14.2 Å². The number of hydrogen-bond donors (Lipinski definition) is 2. The van der Waals surface area contributed by atoms with Crippen molar-refractivity contribution in [3.63, 3.8) is 0 Å². The molecule has 1 saturated carbocycles. The van der Waals surface area contributed by atoms with Gasteiger partial charge in [0.2, 0.25) is 0 Å². The molecule has 4 atom stereocenters. The Kier molecular flexibility index (Phi) is 5.72. The smallest absolute Gasteiger partial charge is 0.419 e. The molecule has 0 spiro atoms. The standard InChI is InChI=1S/C29H31N3O6/c1-29(2,3)38-28(35)32-11-19(16-7-5-6-8-23(16)32)20-14-37-25-17(20)9-15(10-18(25)27(34)30-4)26(33)31-24-21-12-36-13-22(21)24/h5-11,20-22,24H,12-14H2,1-4H3,(H,30,34)(H,31,33)/t20?,21-,22?,24?/m1/s1. The summed E-state index contributed by atoms with van der Waals surface area (Å²) in [6.45, 7) is 7.09. The first-order chi connectivity index (χ1) is 18.2. The summed E-state index contributed by atoms with van der Waals surface area (Å²) in [5.41, 5.74) is 2.38. The number of fused-ring (bicyclic) bond motifs is 3. The molecule has 3 heterocycles. The van der Waals surface area contributed by atoms with Crippen molar-refractivity contribution in [2.45, 2.75) is 38.3 Å². The lowest BCUT2D eigenvalue weighted by molar-refractivity contribution is 0.0543. The molecule has 2 N–H and O–H groups in total. The molecule has 6 rings (SSSR count). The van der Waals surface area contributed by atoms with E-state index in [1.807, 2.05) is 51.1 Å². The highest BCUT2D eigenvalue weighted by Crippen LogP contribution is 2.46. The number of benzene rings is 2. The minimum absolute atomic E-state index is 0.104. The molecule has 3 aromatic rings. The largest absolute Gasteiger partial charge is 0.491 e. The Bertz CT molecular complexity index is 1460. The Morgan fingerprint density at radius 3 is 2.45 bits per heavy atom. The van der Waals surface area contributed by atoms with E-state index in [0.29, 0.717) is 47.4 Å². The van der Waals surface area contributed by atoms with E-state index in [9.17, 15) is 14.4 Å². The zero-order valence-electron chi connectivity index (χ0n) is 21.9. The predicted molar refractivity (Wildman–Crippen MR) is 140 cm³/mol. The highest BCUT2D eigenvalue weighted by Gasteiger charge is 2.54. The fourth-order valence-electron chi connectivity index (χ4n) is 5.65. The van der Waals surface area contributed by atoms with Gasteiger partial charge in [0.05, 0.1) is 30.9 Å². The van der Waals surface area contributed by atoms with Gasteiger partial charge in [-0.15, -0.1) is 0 Å². The van der Waals surface area contributed by atoms with Crippen LogP contribution in [0.1, 0.15) is 58.5 Å². The fourth-order valence-corrected chi connectivity index (χ4v) is 5.65. The first-order valence-corrected chi connectivity index (χ1v) is 12.9. The van der Waals surface area contributed by atoms with Gasteiger partial charge in [0.15, 0.2) is 0 Å². The maximum Gasteiger partial charge on any atom is 0.419 e. The third-order valence-electron chi connectivity index (χ3n) is 7.58. The molecule has 3 aliphatic rings. The second-order valence-electron chi connectivity index (χ2n) is 11.2. The van der Waals surface area contributed by atoms with Crippen LogP contribution in [0.4, 0.5) is 4.79 Å². The number of ether oxygens (including phenoxy) is 3. The number of carbonyl (C=O) groups is 3. The number of nitrogens with zero attached hydrogens (tertiary/aromatic N) is 1. The van der Waals surface area contributed by atoms with Gasteiger partial charge in [-0.05, 0) is 44.5 Å². The molecule has 198 valence electrons. The normalized spacial score (nSPS) is 23.4. The summed E-state index contributed by atoms with van der Waals surface area (Å²) in [4.78, 5) is 39.2. The molecule has 3 unspecified atom stereocenters. The van der Waals surface area contributed by atoms with Crippen molar-refractivity contribution in [1.82, 2.24) is 15.2 Å². The quantitative estimate of drug-likeness (QED) is 0.547. The van der Waals surface area contributed by atoms with Gasteiger partial charge in [-0.2, -0.15) is 0 Å². The number of aromatic nitrogens is 1. The summed E-state index contributed by atoms with van der Waals surface area (Å²) in [7, 11) is 1.55. The van der Waals surface area contributed by atoms with Gasteiger partial charge in [0.1, 0.15) is 11.4 Å². The van der Waals surface area contributed by atoms with Gasteiger partial charge in [-0.25, -0.2) is 4.79 Å². The zero-order chi connectivity index (χ0) is 26.8. The maximum atomic E-state index is 13.3. The van der Waals surface area contributed by atoms with Crippen LogP contribution in [0.2, 0.25) is 0 Å². The molecule has 1 aliphatic carbocycles. The Morgan fingerprint density at radius 1 is 1.00 bits per heavy atom. The summed E-state index contributed by atoms with van der Waals surface area (Å²) >= 11 is 0. The Labute approximate surface area is 220 Å². The molecule has 1 aromatic heterocycles. The number of para-hydroxylation sites is 1. The number of carbonyl (C=O) groups excluding carboxylic acids is 3. The Hall–Kier alpha value is -3.85. The predicted octanol–water partition coefficient (Wildman–Crippen LogP) is 3.68. The molecule has 2 aliphatic heterocycles. The van der Waals surface area contributed by atoms with Crippen molar-refractivity contribution >= 4 is 28.8 Å². The van der Waals surface area contributed by atoms with Gasteiger partial charge in [-0.3, -0.25) is 14.2 Å². The third kappa shape index (κ3) is 4.11. The minimum Gasteiger partial charge on any atom is -0.491 e. The number of amides is 2. The average Bonchev–Trinajstić information content (AvgIpc) is 3.32. The zero-order valence-corrected chi connectivity index (χ0v) is 21.9. The first kappa shape index (κ1) is 24.5. The second-order valence-corrected chi connectivity index (χ2v) is 11.2. The lowest BCUT2D eigenvalue weighted by atomic mass is 9.90. The van der Waals surface area contributed by atoms with E-state index in [-0.39, 0.29) is 30.4 Å². The molecular formula is C29H31N3O6. The summed E-state index contributed by atoms with van der Waals surface area (Å²) in [6.07, 6.45) is 1.30. The summed E-state index contributed by atoms with van der Waals surface area (Å²) < 4.78 is 18.7. The molecule has 2 fully saturated rings. The highest BCUT2D eigenvalue weighted by molar-refractivity contribution is 6.03. The molecule has 0 bridgehead atoms. The van der Waals surface area contributed by atoms with Gasteiger partial charge in [-0.1, -0.05) is 18.2 Å². The summed E-state index contributed by atoms with van der Waals surface area (Å²) in [5.74, 6) is 0.340. The molecular weight excluding hydrogens is 486 g/mol. The summed E-state index contributed by atoms with van der Waals surface area (Å²) in [6, 6.07) is 11.1. The molecule has 38 heavy (non-hydrogen) atoms. The topological polar surface area (TPSA) is 108 Å². The minimum atomic E-state index is -0.650. The number of rotatable bonds is 4. The van der Waals surface area contributed by atoms with Crippen molar-refractivity contribution in [2.24, 2.45) is 11.8 Å². The van der Waals surface area contributed by atoms with Crippen LogP contribution in [-0.4, -0.2) is 61.0 Å². The van der Waals surface area contributed by atoms with Crippen molar-refractivity contribution in [1.29, 1.82) is 0 Å². The summed E-state index contributed by atoms with van der Waals surface area (Å²) in [5, 5.41) is 6.65. The van der Waals surface area contributed by atoms with Crippen molar-refractivity contribution in [2.75, 3.05) is 26.9 Å². The van der Waals surface area contributed by atoms with Crippen LogP contribution < -0.4 is 15.4 Å². The van der Waals surface area contributed by atoms with E-state index in [1.165, 1.54) is 4.57 Å². The Morgan fingerprint density at radius 2 is 1.74 bits per heavy atom. The van der Waals surface area contributed by atoms with Gasteiger partial charge < -0.3 is 24.8 Å². The fraction of sp³-hybridized carbons (Fsp3) is 0.414. The van der Waals surface area contributed by atoms with Crippen LogP contribution in [0.3, 0.4) is 0 Å². The van der Waals surface area contributed by atoms with Gasteiger partial charge >= 0.3 is 6.09 Å². The van der Waals surface area contributed by atoms with Crippen LogP contribution in [0, 0.1) is 11.8 Å². The van der Waals surface area contributed by atoms with Crippen molar-refractivity contribution in [3.8, 4) is 5.75 Å². The van der Waals surface area contributed by atoms with E-state index in [2.05, 4.69) is 10.6 Å². The van der Waals surface area contributed by atoms with Crippen LogP contribution in [0.5, 0.6) is 5.75 Å². The third-order valence-corrected chi connectivity index (χ3v) is 7.58. The van der Waals surface area contributed by atoms with E-state index in [1.54, 1.807) is 19.3 Å². The number of hydrogen-bond acceptors (Lipinski definition) is 6. The molecule has 2 amide bonds. The van der Waals surface area contributed by atoms with E-state index in [0.717, 1.165) is 16.5 Å². The lowest BCUT2D eigenvalue weighted by Gasteiger charge is -2.19. The molecule has 1 saturated heterocycles. The van der Waals surface area contributed by atoms with Crippen LogP contribution >= 0.6 is 0 Å². The molecule has 9 heteroatoms. The lowest BCUT2D eigenvalue weighted by Crippen LogP contribution is -2.30. The second kappa shape index (κ2) is 8.87.